The topological polar surface area (TPSA) is 107 Å². The van der Waals surface area contributed by atoms with Gasteiger partial charge in [-0.2, -0.15) is 0 Å². The van der Waals surface area contributed by atoms with E-state index in [-0.39, 0.29) is 28.0 Å². The molecule has 0 unspecified atom stereocenters. The van der Waals surface area contributed by atoms with E-state index in [4.69, 9.17) is 4.74 Å². The number of rotatable bonds is 9. The van der Waals surface area contributed by atoms with Gasteiger partial charge in [-0.1, -0.05) is 0 Å². The third-order valence-corrected chi connectivity index (χ3v) is 6.06. The summed E-state index contributed by atoms with van der Waals surface area (Å²) in [5, 5.41) is 21.5. The second-order valence-electron chi connectivity index (χ2n) is 7.88. The lowest BCUT2D eigenvalue weighted by Gasteiger charge is -2.24. The molecule has 34 heavy (non-hydrogen) atoms. The zero-order valence-electron chi connectivity index (χ0n) is 19.9. The molecule has 3 rings (SSSR count). The minimum absolute atomic E-state index is 0.0320. The minimum Gasteiger partial charge on any atom is -0.507 e. The van der Waals surface area contributed by atoms with E-state index in [9.17, 15) is 24.6 Å². The fourth-order valence-electron chi connectivity index (χ4n) is 4.17. The SMILES string of the molecule is CCN(CC)C1=CC(=O)/C(=C2\C(=O)C(=O)C(c3ccc(N(CC)CCOC)cc3O)=C2O)C=C1. The molecule has 0 spiro atoms. The smallest absolute Gasteiger partial charge is 0.238 e. The average Bonchev–Trinajstić information content (AvgIpc) is 3.04. The van der Waals surface area contributed by atoms with Gasteiger partial charge in [0.25, 0.3) is 0 Å². The molecule has 2 aliphatic carbocycles. The number of hydrogen-bond acceptors (Lipinski definition) is 8. The van der Waals surface area contributed by atoms with Gasteiger partial charge in [-0.05, 0) is 45.1 Å². The highest BCUT2D eigenvalue weighted by molar-refractivity contribution is 6.63. The molecule has 0 amide bonds. The number of allylic oxidation sites excluding steroid dienone is 6. The van der Waals surface area contributed by atoms with Crippen LogP contribution in [0.3, 0.4) is 0 Å². The average molecular weight is 467 g/mol. The first-order chi connectivity index (χ1) is 16.3. The zero-order chi connectivity index (χ0) is 25.0. The third-order valence-electron chi connectivity index (χ3n) is 6.06. The Morgan fingerprint density at radius 2 is 1.53 bits per heavy atom. The van der Waals surface area contributed by atoms with Crippen LogP contribution in [0.15, 0.2) is 59.0 Å². The number of aliphatic hydroxyl groups excluding tert-OH is 1. The van der Waals surface area contributed by atoms with Crippen molar-refractivity contribution in [3.8, 4) is 5.75 Å². The number of ether oxygens (including phenoxy) is 1. The Morgan fingerprint density at radius 3 is 2.09 bits per heavy atom. The summed E-state index contributed by atoms with van der Waals surface area (Å²) in [6.07, 6.45) is 4.53. The molecule has 2 aliphatic rings. The van der Waals surface area contributed by atoms with Crippen LogP contribution in [0.25, 0.3) is 5.57 Å². The van der Waals surface area contributed by atoms with Gasteiger partial charge in [0, 0.05) is 68.0 Å². The summed E-state index contributed by atoms with van der Waals surface area (Å²) >= 11 is 0. The lowest BCUT2D eigenvalue weighted by Crippen LogP contribution is -2.26. The number of aromatic hydroxyl groups is 1. The number of methoxy groups -OCH3 is 1. The van der Waals surface area contributed by atoms with Crippen LogP contribution < -0.4 is 4.90 Å². The van der Waals surface area contributed by atoms with Gasteiger partial charge >= 0.3 is 0 Å². The van der Waals surface area contributed by atoms with Gasteiger partial charge in [0.15, 0.2) is 5.78 Å². The Kier molecular flexibility index (Phi) is 7.73. The monoisotopic (exact) mass is 466 g/mol. The fourth-order valence-corrected chi connectivity index (χ4v) is 4.17. The number of Topliss-reactive ketones (excluding diaryl/α,β-unsaturated/α-hetero) is 2. The number of carbonyl (C=O) groups excluding carboxylic acids is 3. The lowest BCUT2D eigenvalue weighted by molar-refractivity contribution is -0.130. The Labute approximate surface area is 199 Å². The predicted octanol–water partition coefficient (Wildman–Crippen LogP) is 2.95. The molecule has 1 aromatic rings. The van der Waals surface area contributed by atoms with Crippen LogP contribution >= 0.6 is 0 Å². The number of phenols is 1. The maximum Gasteiger partial charge on any atom is 0.238 e. The minimum atomic E-state index is -0.973. The van der Waals surface area contributed by atoms with Gasteiger partial charge < -0.3 is 24.7 Å². The second-order valence-corrected chi connectivity index (χ2v) is 7.88. The summed E-state index contributed by atoms with van der Waals surface area (Å²) in [6, 6.07) is 4.66. The molecule has 0 saturated heterocycles. The molecule has 0 aliphatic heterocycles. The summed E-state index contributed by atoms with van der Waals surface area (Å²) in [5.74, 6) is -3.26. The van der Waals surface area contributed by atoms with E-state index in [1.54, 1.807) is 19.3 Å². The van der Waals surface area contributed by atoms with Crippen LogP contribution in [0.4, 0.5) is 5.69 Å². The number of likely N-dealkylation sites (N-methyl/N-ethyl adjacent to an activating group) is 2. The first-order valence-electron chi connectivity index (χ1n) is 11.3. The fraction of sp³-hybridized carbons (Fsp3) is 0.346. The summed E-state index contributed by atoms with van der Waals surface area (Å²) < 4.78 is 5.11. The molecule has 0 bridgehead atoms. The van der Waals surface area contributed by atoms with Crippen molar-refractivity contribution in [1.82, 2.24) is 4.90 Å². The van der Waals surface area contributed by atoms with Crippen molar-refractivity contribution < 1.29 is 29.3 Å². The molecule has 0 atom stereocenters. The Morgan fingerprint density at radius 1 is 0.882 bits per heavy atom. The van der Waals surface area contributed by atoms with Crippen LogP contribution in [-0.4, -0.2) is 72.4 Å². The van der Waals surface area contributed by atoms with E-state index < -0.39 is 23.1 Å². The number of carbonyl (C=O) groups is 3. The number of nitrogens with zero attached hydrogens (tertiary/aromatic N) is 2. The van der Waals surface area contributed by atoms with E-state index in [2.05, 4.69) is 0 Å². The molecular formula is C26H30N2O6. The van der Waals surface area contributed by atoms with Gasteiger partial charge in [0.05, 0.1) is 17.8 Å². The van der Waals surface area contributed by atoms with Gasteiger partial charge in [-0.25, -0.2) is 0 Å². The number of anilines is 1. The number of aliphatic hydroxyl groups is 1. The van der Waals surface area contributed by atoms with Gasteiger partial charge in [0.1, 0.15) is 11.5 Å². The summed E-state index contributed by atoms with van der Waals surface area (Å²) in [5.41, 5.74) is 0.739. The Hall–Kier alpha value is -3.65. The van der Waals surface area contributed by atoms with Crippen molar-refractivity contribution in [2.45, 2.75) is 20.8 Å². The van der Waals surface area contributed by atoms with Crippen molar-refractivity contribution in [2.24, 2.45) is 0 Å². The molecule has 2 N–H and O–H groups in total. The maximum atomic E-state index is 12.8. The van der Waals surface area contributed by atoms with Crippen molar-refractivity contribution in [1.29, 1.82) is 0 Å². The van der Waals surface area contributed by atoms with Crippen molar-refractivity contribution in [3.63, 3.8) is 0 Å². The molecule has 0 saturated carbocycles. The zero-order valence-corrected chi connectivity index (χ0v) is 19.9. The van der Waals surface area contributed by atoms with Gasteiger partial charge in [-0.15, -0.1) is 0 Å². The highest BCUT2D eigenvalue weighted by Crippen LogP contribution is 2.39. The summed E-state index contributed by atoms with van der Waals surface area (Å²) in [4.78, 5) is 42.4. The van der Waals surface area contributed by atoms with Crippen molar-refractivity contribution in [2.75, 3.05) is 44.8 Å². The van der Waals surface area contributed by atoms with Crippen LogP contribution in [-0.2, 0) is 19.1 Å². The quantitative estimate of drug-likeness (QED) is 0.423. The normalized spacial score (nSPS) is 18.1. The molecule has 8 heteroatoms. The molecule has 0 radical (unpaired) electrons. The molecular weight excluding hydrogens is 436 g/mol. The predicted molar refractivity (Wildman–Crippen MR) is 130 cm³/mol. The van der Waals surface area contributed by atoms with E-state index in [1.807, 2.05) is 30.6 Å². The first-order valence-corrected chi connectivity index (χ1v) is 11.3. The number of ketones is 3. The maximum absolute atomic E-state index is 12.8. The largest absolute Gasteiger partial charge is 0.507 e. The summed E-state index contributed by atoms with van der Waals surface area (Å²) in [7, 11) is 1.60. The van der Waals surface area contributed by atoms with E-state index >= 15 is 0 Å². The molecule has 0 fully saturated rings. The molecule has 0 aromatic heterocycles. The molecule has 8 nitrogen and oxygen atoms in total. The van der Waals surface area contributed by atoms with Crippen molar-refractivity contribution >= 4 is 28.6 Å². The lowest BCUT2D eigenvalue weighted by atomic mass is 9.96. The van der Waals surface area contributed by atoms with Crippen LogP contribution in [0.2, 0.25) is 0 Å². The molecule has 0 heterocycles. The van der Waals surface area contributed by atoms with Crippen LogP contribution in [0.1, 0.15) is 26.3 Å². The first kappa shape index (κ1) is 25.0. The Bertz CT molecular complexity index is 1140. The van der Waals surface area contributed by atoms with E-state index in [0.717, 1.165) is 0 Å². The second kappa shape index (κ2) is 10.5. The molecule has 180 valence electrons. The Balaban J connectivity index is 2.02. The molecule has 1 aromatic carbocycles. The standard InChI is InChI=1S/C26H30N2O6/c1-5-27(6-2)16-8-10-18(20(29)14-16)22-24(31)23(26(33)25(22)32)19-11-9-17(15-21(19)30)28(7-3)12-13-34-4/h8-11,14-15,30-31H,5-7,12-13H2,1-4H3/b22-18-. The van der Waals surface area contributed by atoms with E-state index in [0.29, 0.717) is 44.2 Å². The number of phenolic OH excluding ortho intramolecular Hbond substituents is 1. The number of hydrogen-bond donors (Lipinski definition) is 2. The van der Waals surface area contributed by atoms with E-state index in [1.165, 1.54) is 24.3 Å². The summed E-state index contributed by atoms with van der Waals surface area (Å²) in [6.45, 7) is 9.06. The van der Waals surface area contributed by atoms with Gasteiger partial charge in [-0.3, -0.25) is 14.4 Å². The highest BCUT2D eigenvalue weighted by atomic mass is 16.5. The van der Waals surface area contributed by atoms with Gasteiger partial charge in [0.2, 0.25) is 11.6 Å². The van der Waals surface area contributed by atoms with Crippen LogP contribution in [0.5, 0.6) is 5.75 Å². The third kappa shape index (κ3) is 4.54. The van der Waals surface area contributed by atoms with Crippen LogP contribution in [0, 0.1) is 0 Å². The highest BCUT2D eigenvalue weighted by Gasteiger charge is 2.41. The van der Waals surface area contributed by atoms with Crippen molar-refractivity contribution in [3.05, 3.63) is 64.6 Å². The number of benzene rings is 1.